The van der Waals surface area contributed by atoms with E-state index in [0.717, 1.165) is 44.9 Å². The Balaban J connectivity index is 4.01. The van der Waals surface area contributed by atoms with Gasteiger partial charge >= 0.3 is 19.8 Å². The summed E-state index contributed by atoms with van der Waals surface area (Å²) in [6, 6.07) is 0. The minimum absolute atomic E-state index is 0.0347. The van der Waals surface area contributed by atoms with Gasteiger partial charge in [0.15, 0.2) is 6.10 Å². The Hall–Kier alpha value is -1.77. The number of unbranched alkanes of at least 4 members (excludes halogenated alkanes) is 42. The van der Waals surface area contributed by atoms with E-state index < -0.39 is 26.5 Å². The van der Waals surface area contributed by atoms with E-state index in [1.54, 1.807) is 0 Å². The van der Waals surface area contributed by atoms with Crippen molar-refractivity contribution in [2.24, 2.45) is 0 Å². The summed E-state index contributed by atoms with van der Waals surface area (Å²) in [6.07, 6.45) is 73.8. The monoisotopic (exact) mass is 1110 g/mol. The molecule has 0 rings (SSSR count). The standard InChI is InChI=1S/C67H128NO8P/c1-6-8-10-12-14-16-18-20-22-24-26-28-29-30-31-32-33-34-35-36-37-38-39-40-42-44-46-48-50-52-54-56-58-60-67(70)76-65(64-75-77(71,72)74-62-61-68(3,4)5)63-73-66(69)59-57-55-53-51-49-47-45-43-41-27-25-23-21-19-17-15-13-11-9-7-2/h18,20,24,26,29-30,65H,6-17,19,21-23,25,27-28,31-64H2,1-5H3/p+1/b20-18-,26-24-,30-29-. The van der Waals surface area contributed by atoms with Crippen LogP contribution in [0.25, 0.3) is 0 Å². The largest absolute Gasteiger partial charge is 0.472 e. The van der Waals surface area contributed by atoms with Crippen molar-refractivity contribution >= 4 is 19.8 Å². The van der Waals surface area contributed by atoms with Gasteiger partial charge in [-0.05, 0) is 51.4 Å². The smallest absolute Gasteiger partial charge is 0.462 e. The van der Waals surface area contributed by atoms with Crippen molar-refractivity contribution in [1.82, 2.24) is 0 Å². The van der Waals surface area contributed by atoms with Crippen LogP contribution in [0.2, 0.25) is 0 Å². The predicted molar refractivity (Wildman–Crippen MR) is 330 cm³/mol. The van der Waals surface area contributed by atoms with Gasteiger partial charge in [-0.3, -0.25) is 18.6 Å². The molecular formula is C67H129NO8P+. The van der Waals surface area contributed by atoms with Crippen molar-refractivity contribution in [3.8, 4) is 0 Å². The van der Waals surface area contributed by atoms with Gasteiger partial charge in [0, 0.05) is 12.8 Å². The summed E-state index contributed by atoms with van der Waals surface area (Å²) >= 11 is 0. The molecular weight excluding hydrogens is 978 g/mol. The molecule has 1 N–H and O–H groups in total. The molecule has 0 saturated heterocycles. The Bertz CT molecular complexity index is 1390. The number of carbonyl (C=O) groups is 2. The van der Waals surface area contributed by atoms with E-state index in [0.29, 0.717) is 23.9 Å². The first-order chi connectivity index (χ1) is 37.5. The molecule has 0 aliphatic rings. The number of nitrogens with zero attached hydrogens (tertiary/aromatic N) is 1. The van der Waals surface area contributed by atoms with Crippen molar-refractivity contribution < 1.29 is 42.1 Å². The van der Waals surface area contributed by atoms with Gasteiger partial charge in [0.25, 0.3) is 0 Å². The molecule has 2 unspecified atom stereocenters. The summed E-state index contributed by atoms with van der Waals surface area (Å²) in [4.78, 5) is 35.8. The number of quaternary nitrogens is 1. The fraction of sp³-hybridized carbons (Fsp3) is 0.881. The van der Waals surface area contributed by atoms with Crippen LogP contribution in [0.15, 0.2) is 36.5 Å². The molecule has 10 heteroatoms. The van der Waals surface area contributed by atoms with Gasteiger partial charge in [-0.15, -0.1) is 0 Å². The second-order valence-electron chi connectivity index (χ2n) is 23.9. The van der Waals surface area contributed by atoms with Gasteiger partial charge in [-0.25, -0.2) is 4.57 Å². The topological polar surface area (TPSA) is 108 Å². The number of allylic oxidation sites excluding steroid dienone is 6. The zero-order valence-corrected chi connectivity index (χ0v) is 52.6. The van der Waals surface area contributed by atoms with Crippen molar-refractivity contribution in [2.75, 3.05) is 47.5 Å². The molecule has 0 fully saturated rings. The second-order valence-corrected chi connectivity index (χ2v) is 25.3. The third-order valence-electron chi connectivity index (χ3n) is 14.9. The van der Waals surface area contributed by atoms with E-state index in [-0.39, 0.29) is 25.6 Å². The Morgan fingerprint density at radius 3 is 1.04 bits per heavy atom. The number of ether oxygens (including phenoxy) is 2. The lowest BCUT2D eigenvalue weighted by Gasteiger charge is -2.24. The van der Waals surface area contributed by atoms with Crippen molar-refractivity contribution in [2.45, 2.75) is 335 Å². The average molecular weight is 1110 g/mol. The van der Waals surface area contributed by atoms with E-state index in [1.165, 1.54) is 250 Å². The number of phosphoric acid groups is 1. The van der Waals surface area contributed by atoms with Crippen LogP contribution >= 0.6 is 7.82 Å². The molecule has 0 amide bonds. The molecule has 0 aromatic carbocycles. The quantitative estimate of drug-likeness (QED) is 0.0211. The second kappa shape index (κ2) is 58.9. The Kier molecular flexibility index (Phi) is 57.5. The van der Waals surface area contributed by atoms with Crippen molar-refractivity contribution in [3.05, 3.63) is 36.5 Å². The van der Waals surface area contributed by atoms with E-state index in [1.807, 2.05) is 21.1 Å². The van der Waals surface area contributed by atoms with E-state index in [9.17, 15) is 19.0 Å². The highest BCUT2D eigenvalue weighted by Crippen LogP contribution is 2.43. The predicted octanol–water partition coefficient (Wildman–Crippen LogP) is 21.1. The minimum atomic E-state index is -4.39. The summed E-state index contributed by atoms with van der Waals surface area (Å²) in [7, 11) is 1.50. The van der Waals surface area contributed by atoms with Crippen LogP contribution in [0.5, 0.6) is 0 Å². The number of rotatable bonds is 62. The number of esters is 2. The van der Waals surface area contributed by atoms with Crippen molar-refractivity contribution in [3.63, 3.8) is 0 Å². The highest BCUT2D eigenvalue weighted by molar-refractivity contribution is 7.47. The first-order valence-electron chi connectivity index (χ1n) is 33.2. The van der Waals surface area contributed by atoms with Crippen LogP contribution in [0.3, 0.4) is 0 Å². The Morgan fingerprint density at radius 1 is 0.403 bits per heavy atom. The van der Waals surface area contributed by atoms with E-state index in [2.05, 4.69) is 50.3 Å². The summed E-state index contributed by atoms with van der Waals surface area (Å²) in [5.41, 5.74) is 0. The maximum absolute atomic E-state index is 12.9. The summed E-state index contributed by atoms with van der Waals surface area (Å²) < 4.78 is 34.7. The molecule has 0 spiro atoms. The van der Waals surface area contributed by atoms with Gasteiger partial charge in [-0.2, -0.15) is 0 Å². The highest BCUT2D eigenvalue weighted by atomic mass is 31.2. The zero-order chi connectivity index (χ0) is 56.3. The maximum atomic E-state index is 12.9. The number of phosphoric ester groups is 1. The fourth-order valence-corrected chi connectivity index (χ4v) is 10.5. The fourth-order valence-electron chi connectivity index (χ4n) is 9.79. The van der Waals surface area contributed by atoms with Crippen LogP contribution in [-0.2, 0) is 32.7 Å². The molecule has 0 saturated carbocycles. The molecule has 0 aromatic rings. The molecule has 2 atom stereocenters. The first kappa shape index (κ1) is 75.2. The number of carbonyl (C=O) groups excluding carboxylic acids is 2. The first-order valence-corrected chi connectivity index (χ1v) is 34.7. The van der Waals surface area contributed by atoms with Gasteiger partial charge in [0.2, 0.25) is 0 Å². The molecule has 0 bridgehead atoms. The van der Waals surface area contributed by atoms with E-state index >= 15 is 0 Å². The lowest BCUT2D eigenvalue weighted by atomic mass is 10.0. The van der Waals surface area contributed by atoms with Crippen LogP contribution in [-0.4, -0.2) is 74.9 Å². The molecule has 454 valence electrons. The van der Waals surface area contributed by atoms with Gasteiger partial charge in [0.1, 0.15) is 19.8 Å². The lowest BCUT2D eigenvalue weighted by Crippen LogP contribution is -2.37. The molecule has 0 aliphatic carbocycles. The van der Waals surface area contributed by atoms with E-state index in [4.69, 9.17) is 18.5 Å². The third-order valence-corrected chi connectivity index (χ3v) is 15.9. The third kappa shape index (κ3) is 63.3. The van der Waals surface area contributed by atoms with Crippen LogP contribution in [0, 0.1) is 0 Å². The average Bonchev–Trinajstić information content (AvgIpc) is 3.39. The normalized spacial score (nSPS) is 13.4. The lowest BCUT2D eigenvalue weighted by molar-refractivity contribution is -0.870. The number of hydrogen-bond donors (Lipinski definition) is 1. The molecule has 0 aromatic heterocycles. The van der Waals surface area contributed by atoms with Gasteiger partial charge in [-0.1, -0.05) is 301 Å². The summed E-state index contributed by atoms with van der Waals surface area (Å²) in [6.45, 7) is 4.48. The van der Waals surface area contributed by atoms with Crippen molar-refractivity contribution in [1.29, 1.82) is 0 Å². The van der Waals surface area contributed by atoms with Gasteiger partial charge < -0.3 is 18.9 Å². The number of hydrogen-bond acceptors (Lipinski definition) is 7. The zero-order valence-electron chi connectivity index (χ0n) is 51.7. The molecule has 0 aliphatic heterocycles. The molecule has 0 radical (unpaired) electrons. The highest BCUT2D eigenvalue weighted by Gasteiger charge is 2.27. The summed E-state index contributed by atoms with van der Waals surface area (Å²) in [5.74, 6) is -0.777. The number of likely N-dealkylation sites (N-methyl/N-ethyl adjacent to an activating group) is 1. The Labute approximate surface area is 478 Å². The Morgan fingerprint density at radius 2 is 0.701 bits per heavy atom. The molecule has 0 heterocycles. The van der Waals surface area contributed by atoms with Gasteiger partial charge in [0.05, 0.1) is 27.7 Å². The minimum Gasteiger partial charge on any atom is -0.462 e. The van der Waals surface area contributed by atoms with Crippen LogP contribution < -0.4 is 0 Å². The van der Waals surface area contributed by atoms with Crippen LogP contribution in [0.4, 0.5) is 0 Å². The van der Waals surface area contributed by atoms with Crippen LogP contribution in [0.1, 0.15) is 328 Å². The maximum Gasteiger partial charge on any atom is 0.472 e. The molecule has 9 nitrogen and oxygen atoms in total. The molecule has 77 heavy (non-hydrogen) atoms. The SMILES string of the molecule is CCCCCCC/C=C\C/C=C\C/C=C\CCCCCCCCCCCCCCCCCCCCC(=O)OC(COC(=O)CCCCCCCCCCCCCCCCCCCCCC)COP(=O)(O)OCC[N+](C)(C)C. The summed E-state index contributed by atoms with van der Waals surface area (Å²) in [5, 5.41) is 0.